The van der Waals surface area contributed by atoms with E-state index in [1.165, 1.54) is 12.8 Å². The summed E-state index contributed by atoms with van der Waals surface area (Å²) in [5.74, 6) is 1.27. The van der Waals surface area contributed by atoms with Crippen LogP contribution in [0.25, 0.3) is 11.5 Å². The number of benzene rings is 1. The minimum Gasteiger partial charge on any atom is -0.444 e. The lowest BCUT2D eigenvalue weighted by Gasteiger charge is -2.32. The summed E-state index contributed by atoms with van der Waals surface area (Å²) in [5.41, 5.74) is 1.96. The molecule has 0 saturated carbocycles. The van der Waals surface area contributed by atoms with Gasteiger partial charge in [-0.3, -0.25) is 9.69 Å². The molecule has 132 valence electrons. The molecule has 5 heteroatoms. The van der Waals surface area contributed by atoms with Gasteiger partial charge in [0, 0.05) is 31.1 Å². The minimum atomic E-state index is 0.214. The van der Waals surface area contributed by atoms with Crippen molar-refractivity contribution < 1.29 is 9.21 Å². The molecule has 1 aromatic heterocycles. The van der Waals surface area contributed by atoms with Gasteiger partial charge in [0.2, 0.25) is 11.8 Å². The largest absolute Gasteiger partial charge is 0.444 e. The van der Waals surface area contributed by atoms with Crippen molar-refractivity contribution >= 4 is 5.91 Å². The number of carbonyl (C=O) groups is 1. The van der Waals surface area contributed by atoms with Crippen LogP contribution < -0.4 is 0 Å². The summed E-state index contributed by atoms with van der Waals surface area (Å²) in [5, 5.41) is 0. The fourth-order valence-corrected chi connectivity index (χ4v) is 3.86. The number of carbonyl (C=O) groups excluding carboxylic acids is 1. The maximum atomic E-state index is 12.5. The highest BCUT2D eigenvalue weighted by Crippen LogP contribution is 2.24. The lowest BCUT2D eigenvalue weighted by molar-refractivity contribution is -0.136. The summed E-state index contributed by atoms with van der Waals surface area (Å²) in [6.45, 7) is 4.62. The van der Waals surface area contributed by atoms with Crippen LogP contribution in [0.15, 0.2) is 41.0 Å². The van der Waals surface area contributed by atoms with Gasteiger partial charge >= 0.3 is 0 Å². The molecule has 4 rings (SSSR count). The van der Waals surface area contributed by atoms with E-state index in [0.717, 1.165) is 56.8 Å². The van der Waals surface area contributed by atoms with E-state index in [2.05, 4.69) is 14.8 Å². The summed E-state index contributed by atoms with van der Waals surface area (Å²) in [4.78, 5) is 21.5. The lowest BCUT2D eigenvalue weighted by atomic mass is 9.95. The van der Waals surface area contributed by atoms with Crippen LogP contribution >= 0.6 is 0 Å². The van der Waals surface area contributed by atoms with Crippen LogP contribution in [0.4, 0.5) is 0 Å². The van der Waals surface area contributed by atoms with E-state index in [0.29, 0.717) is 11.8 Å². The number of nitrogens with zero attached hydrogens (tertiary/aromatic N) is 3. The first kappa shape index (κ1) is 16.3. The van der Waals surface area contributed by atoms with Gasteiger partial charge in [0.05, 0.1) is 5.69 Å². The molecule has 0 atom stereocenters. The number of oxazole rings is 1. The van der Waals surface area contributed by atoms with Gasteiger partial charge < -0.3 is 9.32 Å². The van der Waals surface area contributed by atoms with Gasteiger partial charge in [-0.25, -0.2) is 4.98 Å². The third-order valence-electron chi connectivity index (χ3n) is 5.31. The molecule has 0 N–H and O–H groups in total. The molecule has 3 heterocycles. The summed E-state index contributed by atoms with van der Waals surface area (Å²) < 4.78 is 5.62. The van der Waals surface area contributed by atoms with Gasteiger partial charge in [0.15, 0.2) is 0 Å². The molecule has 25 heavy (non-hydrogen) atoms. The van der Waals surface area contributed by atoms with Gasteiger partial charge in [0.1, 0.15) is 6.26 Å². The van der Waals surface area contributed by atoms with Crippen molar-refractivity contribution in [3.05, 3.63) is 42.3 Å². The van der Waals surface area contributed by atoms with E-state index in [4.69, 9.17) is 4.42 Å². The van der Waals surface area contributed by atoms with Crippen molar-refractivity contribution in [3.8, 4) is 11.5 Å². The van der Waals surface area contributed by atoms with Gasteiger partial charge in [-0.15, -0.1) is 0 Å². The van der Waals surface area contributed by atoms with E-state index < -0.39 is 0 Å². The van der Waals surface area contributed by atoms with E-state index in [-0.39, 0.29) is 5.92 Å². The number of rotatable bonds is 4. The predicted octanol–water partition coefficient (Wildman–Crippen LogP) is 3.18. The Balaban J connectivity index is 1.30. The molecule has 2 aliphatic rings. The average molecular weight is 339 g/mol. The molecule has 2 aliphatic heterocycles. The fourth-order valence-electron chi connectivity index (χ4n) is 3.86. The number of piperidine rings is 1. The van der Waals surface area contributed by atoms with Crippen LogP contribution in [0.1, 0.15) is 31.4 Å². The van der Waals surface area contributed by atoms with Crippen LogP contribution in [0.5, 0.6) is 0 Å². The zero-order valence-corrected chi connectivity index (χ0v) is 14.6. The monoisotopic (exact) mass is 339 g/mol. The second-order valence-electron chi connectivity index (χ2n) is 7.09. The molecule has 2 aromatic rings. The Morgan fingerprint density at radius 2 is 1.80 bits per heavy atom. The summed E-state index contributed by atoms with van der Waals surface area (Å²) in [7, 11) is 0. The lowest BCUT2D eigenvalue weighted by Crippen LogP contribution is -2.41. The molecule has 0 unspecified atom stereocenters. The summed E-state index contributed by atoms with van der Waals surface area (Å²) in [6, 6.07) is 9.97. The van der Waals surface area contributed by atoms with Crippen LogP contribution in [0.2, 0.25) is 0 Å². The zero-order valence-electron chi connectivity index (χ0n) is 14.6. The smallest absolute Gasteiger partial charge is 0.226 e. The van der Waals surface area contributed by atoms with Crippen LogP contribution in [0.3, 0.4) is 0 Å². The van der Waals surface area contributed by atoms with Crippen LogP contribution in [-0.2, 0) is 11.3 Å². The van der Waals surface area contributed by atoms with Gasteiger partial charge in [-0.1, -0.05) is 18.2 Å². The highest BCUT2D eigenvalue weighted by atomic mass is 16.3. The third kappa shape index (κ3) is 3.76. The average Bonchev–Trinajstić information content (AvgIpc) is 3.35. The van der Waals surface area contributed by atoms with E-state index in [1.807, 2.05) is 30.3 Å². The number of aromatic nitrogens is 1. The summed E-state index contributed by atoms with van der Waals surface area (Å²) in [6.07, 6.45) is 6.00. The second kappa shape index (κ2) is 7.40. The Labute approximate surface area is 148 Å². The van der Waals surface area contributed by atoms with Gasteiger partial charge in [0.25, 0.3) is 0 Å². The normalized spacial score (nSPS) is 19.4. The molecule has 0 radical (unpaired) electrons. The predicted molar refractivity (Wildman–Crippen MR) is 95.8 cm³/mol. The maximum Gasteiger partial charge on any atom is 0.226 e. The molecule has 0 bridgehead atoms. The first-order chi connectivity index (χ1) is 12.3. The number of amides is 1. The minimum absolute atomic E-state index is 0.214. The number of likely N-dealkylation sites (tertiary alicyclic amines) is 2. The summed E-state index contributed by atoms with van der Waals surface area (Å²) >= 11 is 0. The van der Waals surface area contributed by atoms with Crippen molar-refractivity contribution in [3.63, 3.8) is 0 Å². The van der Waals surface area contributed by atoms with E-state index in [1.54, 1.807) is 6.26 Å². The SMILES string of the molecule is O=C(C1CCN(Cc2coc(-c3ccccc3)n2)CC1)N1CCCC1. The molecule has 2 fully saturated rings. The fraction of sp³-hybridized carbons (Fsp3) is 0.500. The van der Waals surface area contributed by atoms with Gasteiger partial charge in [-0.2, -0.15) is 0 Å². The highest BCUT2D eigenvalue weighted by molar-refractivity contribution is 5.79. The van der Waals surface area contributed by atoms with Crippen molar-refractivity contribution in [2.24, 2.45) is 5.92 Å². The Kier molecular flexibility index (Phi) is 4.83. The Hall–Kier alpha value is -2.14. The Morgan fingerprint density at radius 1 is 1.08 bits per heavy atom. The Bertz CT molecular complexity index is 699. The first-order valence-electron chi connectivity index (χ1n) is 9.30. The number of hydrogen-bond acceptors (Lipinski definition) is 4. The topological polar surface area (TPSA) is 49.6 Å². The molecule has 1 amide bonds. The van der Waals surface area contributed by atoms with E-state index in [9.17, 15) is 4.79 Å². The molecule has 0 spiro atoms. The standard InChI is InChI=1S/C20H25N3O2/c24-20(23-10-4-5-11-23)17-8-12-22(13-9-17)14-18-15-25-19(21-18)16-6-2-1-3-7-16/h1-3,6-7,15,17H,4-5,8-14H2. The number of hydrogen-bond donors (Lipinski definition) is 0. The quantitative estimate of drug-likeness (QED) is 0.858. The van der Waals surface area contributed by atoms with E-state index >= 15 is 0 Å². The maximum absolute atomic E-state index is 12.5. The zero-order chi connectivity index (χ0) is 17.1. The molecule has 2 saturated heterocycles. The molecule has 1 aromatic carbocycles. The van der Waals surface area contributed by atoms with Crippen molar-refractivity contribution in [2.45, 2.75) is 32.2 Å². The molecular weight excluding hydrogens is 314 g/mol. The molecule has 5 nitrogen and oxygen atoms in total. The third-order valence-corrected chi connectivity index (χ3v) is 5.31. The van der Waals surface area contributed by atoms with Crippen LogP contribution in [-0.4, -0.2) is 46.9 Å². The highest BCUT2D eigenvalue weighted by Gasteiger charge is 2.29. The van der Waals surface area contributed by atoms with Crippen LogP contribution in [0, 0.1) is 5.92 Å². The van der Waals surface area contributed by atoms with Crippen molar-refractivity contribution in [1.82, 2.24) is 14.8 Å². The molecular formula is C20H25N3O2. The molecule has 0 aliphatic carbocycles. The first-order valence-corrected chi connectivity index (χ1v) is 9.30. The Morgan fingerprint density at radius 3 is 2.52 bits per heavy atom. The van der Waals surface area contributed by atoms with Crippen molar-refractivity contribution in [1.29, 1.82) is 0 Å². The van der Waals surface area contributed by atoms with Gasteiger partial charge in [-0.05, 0) is 50.9 Å². The second-order valence-corrected chi connectivity index (χ2v) is 7.09. The van der Waals surface area contributed by atoms with Crippen molar-refractivity contribution in [2.75, 3.05) is 26.2 Å².